The smallest absolute Gasteiger partial charge is 0.325 e. The highest BCUT2D eigenvalue weighted by atomic mass is 16.5. The molecule has 0 saturated carbocycles. The highest BCUT2D eigenvalue weighted by molar-refractivity contribution is 5.75. The van der Waals surface area contributed by atoms with Crippen LogP contribution in [0.25, 0.3) is 10.4 Å². The van der Waals surface area contributed by atoms with Crippen molar-refractivity contribution in [1.82, 2.24) is 5.32 Å². The lowest BCUT2D eigenvalue weighted by atomic mass is 10.0. The molecule has 0 amide bonds. The highest BCUT2D eigenvalue weighted by Gasteiger charge is 2.21. The average Bonchev–Trinajstić information content (AvgIpc) is 2.89. The van der Waals surface area contributed by atoms with E-state index < -0.39 is 12.0 Å². The molecule has 0 spiro atoms. The molecule has 20 heavy (non-hydrogen) atoms. The van der Waals surface area contributed by atoms with Gasteiger partial charge in [-0.25, -0.2) is 0 Å². The summed E-state index contributed by atoms with van der Waals surface area (Å²) in [5.41, 5.74) is 9.92. The van der Waals surface area contributed by atoms with Gasteiger partial charge in [0.25, 0.3) is 0 Å². The Morgan fingerprint density at radius 1 is 1.60 bits per heavy atom. The predicted molar refractivity (Wildman–Crippen MR) is 72.7 cm³/mol. The number of carbonyl (C=O) groups is 1. The molecule has 0 aromatic heterocycles. The van der Waals surface area contributed by atoms with Crippen molar-refractivity contribution in [1.29, 1.82) is 0 Å². The maximum atomic E-state index is 11.3. The standard InChI is InChI=1S/C13H16N4O3/c14-17-16-6-1-5-15-12(13(18)19)10-2-3-11-9(8-10)4-7-20-11/h2-3,8,12,15H,1,4-7H2,(H,18,19). The number of azide groups is 1. The number of carboxylic acids is 1. The van der Waals surface area contributed by atoms with Crippen molar-refractivity contribution in [3.8, 4) is 5.75 Å². The quantitative estimate of drug-likeness (QED) is 0.344. The van der Waals surface area contributed by atoms with Crippen LogP contribution in [-0.2, 0) is 11.2 Å². The van der Waals surface area contributed by atoms with Crippen molar-refractivity contribution in [3.63, 3.8) is 0 Å². The van der Waals surface area contributed by atoms with Crippen molar-refractivity contribution in [2.24, 2.45) is 5.11 Å². The topological polar surface area (TPSA) is 107 Å². The van der Waals surface area contributed by atoms with Crippen LogP contribution >= 0.6 is 0 Å². The van der Waals surface area contributed by atoms with Crippen molar-refractivity contribution in [2.45, 2.75) is 18.9 Å². The zero-order valence-corrected chi connectivity index (χ0v) is 11.0. The number of fused-ring (bicyclic) bond motifs is 1. The molecular formula is C13H16N4O3. The fourth-order valence-corrected chi connectivity index (χ4v) is 2.17. The molecule has 2 N–H and O–H groups in total. The normalized spacial score (nSPS) is 14.0. The zero-order valence-electron chi connectivity index (χ0n) is 11.0. The molecule has 0 fully saturated rings. The lowest BCUT2D eigenvalue weighted by molar-refractivity contribution is -0.139. The minimum absolute atomic E-state index is 0.355. The summed E-state index contributed by atoms with van der Waals surface area (Å²) in [5.74, 6) is -0.0890. The number of nitrogens with zero attached hydrogens (tertiary/aromatic N) is 3. The van der Waals surface area contributed by atoms with E-state index in [1.165, 1.54) is 0 Å². The van der Waals surface area contributed by atoms with Gasteiger partial charge < -0.3 is 15.2 Å². The number of rotatable bonds is 7. The van der Waals surface area contributed by atoms with Gasteiger partial charge in [0.1, 0.15) is 11.8 Å². The van der Waals surface area contributed by atoms with Gasteiger partial charge in [-0.05, 0) is 41.8 Å². The van der Waals surface area contributed by atoms with Crippen LogP contribution in [0.15, 0.2) is 23.3 Å². The second kappa shape index (κ2) is 6.79. The van der Waals surface area contributed by atoms with Crippen LogP contribution < -0.4 is 10.1 Å². The monoisotopic (exact) mass is 276 g/mol. The molecule has 1 aromatic carbocycles. The van der Waals surface area contributed by atoms with E-state index in [0.29, 0.717) is 31.7 Å². The third kappa shape index (κ3) is 3.40. The summed E-state index contributed by atoms with van der Waals surface area (Å²) in [6, 6.07) is 4.70. The van der Waals surface area contributed by atoms with Crippen molar-refractivity contribution in [2.75, 3.05) is 19.7 Å². The van der Waals surface area contributed by atoms with E-state index in [1.807, 2.05) is 12.1 Å². The van der Waals surface area contributed by atoms with Gasteiger partial charge >= 0.3 is 5.97 Å². The van der Waals surface area contributed by atoms with Crippen molar-refractivity contribution < 1.29 is 14.6 Å². The molecule has 1 atom stereocenters. The molecular weight excluding hydrogens is 260 g/mol. The Morgan fingerprint density at radius 2 is 2.45 bits per heavy atom. The summed E-state index contributed by atoms with van der Waals surface area (Å²) in [6.45, 7) is 1.48. The van der Waals surface area contributed by atoms with Crippen LogP contribution in [0.1, 0.15) is 23.6 Å². The lowest BCUT2D eigenvalue weighted by Gasteiger charge is -2.15. The first-order chi connectivity index (χ1) is 9.72. The summed E-state index contributed by atoms with van der Waals surface area (Å²) in [6.07, 6.45) is 1.41. The van der Waals surface area contributed by atoms with E-state index >= 15 is 0 Å². The summed E-state index contributed by atoms with van der Waals surface area (Å²) in [7, 11) is 0. The van der Waals surface area contributed by atoms with Gasteiger partial charge in [-0.15, -0.1) is 0 Å². The molecule has 0 aliphatic carbocycles. The summed E-state index contributed by atoms with van der Waals surface area (Å²) in [4.78, 5) is 14.0. The number of ether oxygens (including phenoxy) is 1. The Bertz CT molecular complexity index is 540. The van der Waals surface area contributed by atoms with Crippen LogP contribution in [0.2, 0.25) is 0 Å². The van der Waals surface area contributed by atoms with Crippen LogP contribution in [0.4, 0.5) is 0 Å². The fraction of sp³-hybridized carbons (Fsp3) is 0.462. The molecule has 7 heteroatoms. The molecule has 1 aromatic rings. The first-order valence-corrected chi connectivity index (χ1v) is 6.45. The number of aliphatic carboxylic acids is 1. The van der Waals surface area contributed by atoms with Crippen LogP contribution in [0.5, 0.6) is 5.75 Å². The van der Waals surface area contributed by atoms with E-state index in [1.54, 1.807) is 6.07 Å². The maximum Gasteiger partial charge on any atom is 0.325 e. The maximum absolute atomic E-state index is 11.3. The molecule has 2 rings (SSSR count). The molecule has 7 nitrogen and oxygen atoms in total. The van der Waals surface area contributed by atoms with E-state index in [-0.39, 0.29) is 0 Å². The highest BCUT2D eigenvalue weighted by Crippen LogP contribution is 2.28. The average molecular weight is 276 g/mol. The van der Waals surface area contributed by atoms with E-state index in [2.05, 4.69) is 15.3 Å². The first kappa shape index (κ1) is 14.2. The second-order valence-corrected chi connectivity index (χ2v) is 4.50. The minimum atomic E-state index is -0.923. The Balaban J connectivity index is 2.01. The van der Waals surface area contributed by atoms with Gasteiger partial charge in [-0.1, -0.05) is 11.2 Å². The zero-order chi connectivity index (χ0) is 14.4. The van der Waals surface area contributed by atoms with Gasteiger partial charge in [-0.3, -0.25) is 4.79 Å². The van der Waals surface area contributed by atoms with E-state index in [0.717, 1.165) is 17.7 Å². The summed E-state index contributed by atoms with van der Waals surface area (Å²) < 4.78 is 5.40. The van der Waals surface area contributed by atoms with E-state index in [4.69, 9.17) is 10.3 Å². The molecule has 0 bridgehead atoms. The largest absolute Gasteiger partial charge is 0.493 e. The summed E-state index contributed by atoms with van der Waals surface area (Å²) >= 11 is 0. The number of hydrogen-bond donors (Lipinski definition) is 2. The Kier molecular flexibility index (Phi) is 4.81. The molecule has 1 aliphatic rings. The van der Waals surface area contributed by atoms with Crippen LogP contribution in [0.3, 0.4) is 0 Å². The SMILES string of the molecule is [N-]=[N+]=NCCCNC(C(=O)O)c1ccc2c(c1)CCO2. The van der Waals surface area contributed by atoms with Crippen molar-refractivity contribution in [3.05, 3.63) is 39.8 Å². The Hall–Kier alpha value is -2.24. The van der Waals surface area contributed by atoms with Crippen LogP contribution in [-0.4, -0.2) is 30.8 Å². The molecule has 1 aliphatic heterocycles. The van der Waals surface area contributed by atoms with Gasteiger partial charge in [-0.2, -0.15) is 0 Å². The summed E-state index contributed by atoms with van der Waals surface area (Å²) in [5, 5.41) is 15.7. The predicted octanol–water partition coefficient (Wildman–Crippen LogP) is 2.04. The Morgan fingerprint density at radius 3 is 3.20 bits per heavy atom. The molecule has 106 valence electrons. The molecule has 0 saturated heterocycles. The number of carboxylic acid groups (broad SMARTS) is 1. The number of nitrogens with one attached hydrogen (secondary N) is 1. The minimum Gasteiger partial charge on any atom is -0.493 e. The van der Waals surface area contributed by atoms with Crippen LogP contribution in [0, 0.1) is 0 Å². The lowest BCUT2D eigenvalue weighted by Crippen LogP contribution is -2.29. The molecule has 0 radical (unpaired) electrons. The second-order valence-electron chi connectivity index (χ2n) is 4.50. The third-order valence-corrected chi connectivity index (χ3v) is 3.14. The van der Waals surface area contributed by atoms with Gasteiger partial charge in [0.15, 0.2) is 0 Å². The van der Waals surface area contributed by atoms with Crippen molar-refractivity contribution >= 4 is 5.97 Å². The van der Waals surface area contributed by atoms with E-state index in [9.17, 15) is 9.90 Å². The first-order valence-electron chi connectivity index (χ1n) is 6.45. The van der Waals surface area contributed by atoms with Gasteiger partial charge in [0.05, 0.1) is 6.61 Å². The van der Waals surface area contributed by atoms with Gasteiger partial charge in [0.2, 0.25) is 0 Å². The number of benzene rings is 1. The third-order valence-electron chi connectivity index (χ3n) is 3.14. The van der Waals surface area contributed by atoms with Gasteiger partial charge in [0, 0.05) is 17.9 Å². The Labute approximate surface area is 116 Å². The number of hydrogen-bond acceptors (Lipinski definition) is 4. The molecule has 1 heterocycles. The molecule has 1 unspecified atom stereocenters. The fourth-order valence-electron chi connectivity index (χ4n) is 2.17.